The largest absolute Gasteiger partial charge is 0.497 e. The van der Waals surface area contributed by atoms with E-state index in [0.717, 1.165) is 12.0 Å². The third-order valence-electron chi connectivity index (χ3n) is 2.66. The topological polar surface area (TPSA) is 35.5 Å². The first kappa shape index (κ1) is 19.9. The van der Waals surface area contributed by atoms with Crippen LogP contribution < -0.4 is 4.74 Å². The van der Waals surface area contributed by atoms with Crippen molar-refractivity contribution in [3.8, 4) is 5.75 Å². The van der Waals surface area contributed by atoms with E-state index in [1.807, 2.05) is 32.0 Å². The Morgan fingerprint density at radius 1 is 0.909 bits per heavy atom. The van der Waals surface area contributed by atoms with Crippen molar-refractivity contribution in [1.29, 1.82) is 0 Å². The van der Waals surface area contributed by atoms with Crippen LogP contribution in [0.4, 0.5) is 0 Å². The number of carbonyl (C=O) groups is 1. The number of methoxy groups -OCH3 is 2. The Hall–Kier alpha value is -2.13. The minimum absolute atomic E-state index is 0.384. The summed E-state index contributed by atoms with van der Waals surface area (Å²) in [5.41, 5.74) is 1.99. The van der Waals surface area contributed by atoms with Gasteiger partial charge in [0, 0.05) is 12.7 Å². The summed E-state index contributed by atoms with van der Waals surface area (Å²) >= 11 is 0. The normalized spacial score (nSPS) is 9.00. The third-order valence-corrected chi connectivity index (χ3v) is 2.66. The second-order valence-electron chi connectivity index (χ2n) is 4.83. The fourth-order valence-electron chi connectivity index (χ4n) is 1.22. The quantitative estimate of drug-likeness (QED) is 0.781. The van der Waals surface area contributed by atoms with Crippen LogP contribution in [0.2, 0.25) is 0 Å². The van der Waals surface area contributed by atoms with E-state index in [-0.39, 0.29) is 0 Å². The maximum absolute atomic E-state index is 10.2. The third kappa shape index (κ3) is 10.6. The molecule has 3 heteroatoms. The van der Waals surface area contributed by atoms with Gasteiger partial charge in [-0.05, 0) is 45.0 Å². The summed E-state index contributed by atoms with van der Waals surface area (Å²) in [5.74, 6) is 0.769. The molecule has 0 fully saturated rings. The van der Waals surface area contributed by atoms with E-state index < -0.39 is 0 Å². The molecular formula is C19H26O3. The van der Waals surface area contributed by atoms with E-state index >= 15 is 0 Å². The van der Waals surface area contributed by atoms with Gasteiger partial charge in [0.2, 0.25) is 0 Å². The lowest BCUT2D eigenvalue weighted by atomic mass is 10.2. The van der Waals surface area contributed by atoms with Crippen LogP contribution in [0.1, 0.15) is 29.8 Å². The van der Waals surface area contributed by atoms with Gasteiger partial charge in [0.1, 0.15) is 12.0 Å². The molecule has 0 unspecified atom stereocenters. The van der Waals surface area contributed by atoms with E-state index in [0.29, 0.717) is 11.7 Å². The van der Waals surface area contributed by atoms with Gasteiger partial charge in [-0.1, -0.05) is 35.9 Å². The summed E-state index contributed by atoms with van der Waals surface area (Å²) in [5, 5.41) is 0. The highest BCUT2D eigenvalue weighted by Crippen LogP contribution is 2.09. The zero-order valence-corrected chi connectivity index (χ0v) is 14.1. The summed E-state index contributed by atoms with van der Waals surface area (Å²) in [6, 6.07) is 17.2. The number of ether oxygens (including phenoxy) is 2. The van der Waals surface area contributed by atoms with E-state index in [1.54, 1.807) is 38.5 Å². The lowest BCUT2D eigenvalue weighted by molar-refractivity contribution is 0.112. The molecule has 0 amide bonds. The second-order valence-corrected chi connectivity index (χ2v) is 4.83. The molecule has 2 aromatic carbocycles. The van der Waals surface area contributed by atoms with Crippen molar-refractivity contribution in [2.75, 3.05) is 14.2 Å². The van der Waals surface area contributed by atoms with Crippen LogP contribution >= 0.6 is 0 Å². The van der Waals surface area contributed by atoms with Crippen molar-refractivity contribution >= 4 is 6.29 Å². The predicted molar refractivity (Wildman–Crippen MR) is 91.7 cm³/mol. The number of hydrogen-bond donors (Lipinski definition) is 0. The maximum Gasteiger partial charge on any atom is 0.150 e. The Labute approximate surface area is 133 Å². The molecule has 2 aromatic rings. The van der Waals surface area contributed by atoms with Gasteiger partial charge in [0.25, 0.3) is 0 Å². The van der Waals surface area contributed by atoms with Crippen molar-refractivity contribution in [2.24, 2.45) is 0 Å². The first-order valence-electron chi connectivity index (χ1n) is 7.17. The summed E-state index contributed by atoms with van der Waals surface area (Å²) < 4.78 is 9.65. The second kappa shape index (κ2) is 12.6. The SMILES string of the molecule is COC(C)C.COc1ccc(C=O)cc1.Cc1ccccc1. The molecule has 2 rings (SSSR count). The molecule has 0 N–H and O–H groups in total. The molecule has 0 aliphatic heterocycles. The first-order valence-corrected chi connectivity index (χ1v) is 7.17. The van der Waals surface area contributed by atoms with Gasteiger partial charge in [-0.25, -0.2) is 0 Å². The number of carbonyl (C=O) groups excluding carboxylic acids is 1. The Morgan fingerprint density at radius 2 is 1.41 bits per heavy atom. The van der Waals surface area contributed by atoms with Gasteiger partial charge in [0.05, 0.1) is 13.2 Å². The first-order chi connectivity index (χ1) is 10.5. The molecule has 0 atom stereocenters. The minimum Gasteiger partial charge on any atom is -0.497 e. The lowest BCUT2D eigenvalue weighted by Gasteiger charge is -1.96. The predicted octanol–water partition coefficient (Wildman–Crippen LogP) is 4.54. The smallest absolute Gasteiger partial charge is 0.150 e. The van der Waals surface area contributed by atoms with Crippen LogP contribution in [0.25, 0.3) is 0 Å². The standard InChI is InChI=1S/C8H8O2.C7H8.C4H10O/c1-10-8-4-2-7(6-9)3-5-8;1-7-5-3-2-4-6-7;1-4(2)5-3/h2-6H,1H3;2-6H,1H3;4H,1-3H3. The van der Waals surface area contributed by atoms with Crippen LogP contribution in [0.15, 0.2) is 54.6 Å². The average Bonchev–Trinajstić information content (AvgIpc) is 2.56. The highest BCUT2D eigenvalue weighted by atomic mass is 16.5. The number of rotatable bonds is 3. The van der Waals surface area contributed by atoms with Crippen molar-refractivity contribution in [2.45, 2.75) is 26.9 Å². The van der Waals surface area contributed by atoms with Gasteiger partial charge in [-0.15, -0.1) is 0 Å². The molecule has 22 heavy (non-hydrogen) atoms. The molecule has 120 valence electrons. The van der Waals surface area contributed by atoms with Crippen LogP contribution in [0.5, 0.6) is 5.75 Å². The number of hydrogen-bond acceptors (Lipinski definition) is 3. The van der Waals surface area contributed by atoms with Gasteiger partial charge < -0.3 is 9.47 Å². The molecule has 3 nitrogen and oxygen atoms in total. The number of benzene rings is 2. The minimum atomic E-state index is 0.384. The van der Waals surface area contributed by atoms with Crippen molar-refractivity contribution in [1.82, 2.24) is 0 Å². The Kier molecular flexibility index (Phi) is 11.4. The highest BCUT2D eigenvalue weighted by Gasteiger charge is 1.89. The summed E-state index contributed by atoms with van der Waals surface area (Å²) in [7, 11) is 3.29. The average molecular weight is 302 g/mol. The highest BCUT2D eigenvalue weighted by molar-refractivity contribution is 5.74. The number of aryl methyl sites for hydroxylation is 1. The number of aldehydes is 1. The summed E-state index contributed by atoms with van der Waals surface area (Å²) in [6.45, 7) is 6.08. The molecule has 0 radical (unpaired) electrons. The van der Waals surface area contributed by atoms with Crippen LogP contribution in [-0.2, 0) is 4.74 Å². The molecule has 0 heterocycles. The van der Waals surface area contributed by atoms with Crippen LogP contribution in [-0.4, -0.2) is 26.6 Å². The van der Waals surface area contributed by atoms with Gasteiger partial charge in [-0.2, -0.15) is 0 Å². The Morgan fingerprint density at radius 3 is 1.68 bits per heavy atom. The van der Waals surface area contributed by atoms with E-state index in [9.17, 15) is 4.79 Å². The Bertz CT molecular complexity index is 490. The van der Waals surface area contributed by atoms with E-state index in [4.69, 9.17) is 9.47 Å². The van der Waals surface area contributed by atoms with Crippen molar-refractivity contribution in [3.63, 3.8) is 0 Å². The summed E-state index contributed by atoms with van der Waals surface area (Å²) in [6.07, 6.45) is 1.19. The van der Waals surface area contributed by atoms with Gasteiger partial charge in [0.15, 0.2) is 0 Å². The van der Waals surface area contributed by atoms with Crippen LogP contribution in [0, 0.1) is 6.92 Å². The van der Waals surface area contributed by atoms with Crippen LogP contribution in [0.3, 0.4) is 0 Å². The molecule has 0 spiro atoms. The summed E-state index contributed by atoms with van der Waals surface area (Å²) in [4.78, 5) is 10.2. The molecule has 0 aliphatic carbocycles. The fourth-order valence-corrected chi connectivity index (χ4v) is 1.22. The molecule has 0 saturated heterocycles. The molecule has 0 aliphatic rings. The molecule has 0 bridgehead atoms. The Balaban J connectivity index is 0.000000322. The molecular weight excluding hydrogens is 276 g/mol. The van der Waals surface area contributed by atoms with Crippen molar-refractivity contribution < 1.29 is 14.3 Å². The van der Waals surface area contributed by atoms with Gasteiger partial charge >= 0.3 is 0 Å². The molecule has 0 saturated carbocycles. The fraction of sp³-hybridized carbons (Fsp3) is 0.316. The molecule has 0 aromatic heterocycles. The van der Waals surface area contributed by atoms with E-state index in [1.165, 1.54) is 5.56 Å². The maximum atomic E-state index is 10.2. The van der Waals surface area contributed by atoms with Gasteiger partial charge in [-0.3, -0.25) is 4.79 Å². The van der Waals surface area contributed by atoms with Crippen molar-refractivity contribution in [3.05, 3.63) is 65.7 Å². The monoisotopic (exact) mass is 302 g/mol. The zero-order chi connectivity index (χ0) is 16.8. The lowest BCUT2D eigenvalue weighted by Crippen LogP contribution is -1.94. The zero-order valence-electron chi connectivity index (χ0n) is 14.1. The van der Waals surface area contributed by atoms with E-state index in [2.05, 4.69) is 19.1 Å².